The van der Waals surface area contributed by atoms with E-state index in [9.17, 15) is 31.9 Å². The molecule has 0 radical (unpaired) electrons. The number of hydrogen-bond acceptors (Lipinski definition) is 5. The number of alkyl halides is 5. The van der Waals surface area contributed by atoms with Crippen LogP contribution in [0, 0.1) is 0 Å². The van der Waals surface area contributed by atoms with Crippen molar-refractivity contribution in [2.75, 3.05) is 23.3 Å². The van der Waals surface area contributed by atoms with Crippen molar-refractivity contribution in [1.29, 1.82) is 0 Å². The second-order valence-electron chi connectivity index (χ2n) is 7.58. The molecular formula is C19H19F5N4O3. The predicted octanol–water partition coefficient (Wildman–Crippen LogP) is 3.49. The van der Waals surface area contributed by atoms with E-state index in [1.165, 1.54) is 12.1 Å². The van der Waals surface area contributed by atoms with Gasteiger partial charge in [0.25, 0.3) is 0 Å². The van der Waals surface area contributed by atoms with Gasteiger partial charge in [-0.2, -0.15) is 27.1 Å². The van der Waals surface area contributed by atoms with Crippen LogP contribution in [0.25, 0.3) is 0 Å². The summed E-state index contributed by atoms with van der Waals surface area (Å²) >= 11 is 0. The number of carbonyl (C=O) groups excluding carboxylic acids is 1. The van der Waals surface area contributed by atoms with Crippen molar-refractivity contribution < 1.29 is 36.6 Å². The number of carbonyl (C=O) groups is 1. The minimum absolute atomic E-state index is 0.0327. The van der Waals surface area contributed by atoms with Gasteiger partial charge >= 0.3 is 12.8 Å². The fourth-order valence-electron chi connectivity index (χ4n) is 4.16. The lowest BCUT2D eigenvalue weighted by atomic mass is 9.81. The fraction of sp³-hybridized carbons (Fsp3) is 0.474. The van der Waals surface area contributed by atoms with Crippen molar-refractivity contribution in [1.82, 2.24) is 10.2 Å². The number of piperidine rings is 1. The number of anilines is 2. The number of amides is 1. The Bertz CT molecular complexity index is 954. The van der Waals surface area contributed by atoms with E-state index < -0.39 is 36.3 Å². The molecule has 1 aromatic carbocycles. The summed E-state index contributed by atoms with van der Waals surface area (Å²) in [6, 6.07) is 6.10. The molecule has 1 saturated heterocycles. The molecule has 4 rings (SSSR count). The van der Waals surface area contributed by atoms with E-state index in [0.717, 1.165) is 5.69 Å². The Kier molecular flexibility index (Phi) is 5.28. The quantitative estimate of drug-likeness (QED) is 0.626. The average molecular weight is 446 g/mol. The molecule has 1 amide bonds. The molecular weight excluding hydrogens is 427 g/mol. The van der Waals surface area contributed by atoms with Gasteiger partial charge in [-0.3, -0.25) is 9.89 Å². The minimum atomic E-state index is -5.04. The lowest BCUT2D eigenvalue weighted by molar-refractivity contribution is -0.267. The van der Waals surface area contributed by atoms with Crippen molar-refractivity contribution in [3.05, 3.63) is 35.5 Å². The molecule has 12 heteroatoms. The summed E-state index contributed by atoms with van der Waals surface area (Å²) < 4.78 is 69.8. The summed E-state index contributed by atoms with van der Waals surface area (Å²) in [5.74, 6) is -1.51. The number of aromatic amines is 1. The van der Waals surface area contributed by atoms with E-state index in [4.69, 9.17) is 0 Å². The van der Waals surface area contributed by atoms with Gasteiger partial charge in [-0.1, -0.05) is 0 Å². The molecule has 1 atom stereocenters. The Morgan fingerprint density at radius 3 is 2.42 bits per heavy atom. The van der Waals surface area contributed by atoms with Gasteiger partial charge in [-0.25, -0.2) is 0 Å². The predicted molar refractivity (Wildman–Crippen MR) is 99.0 cm³/mol. The molecule has 3 heterocycles. The molecule has 0 aliphatic carbocycles. The summed E-state index contributed by atoms with van der Waals surface area (Å²) in [6.45, 7) is -1.95. The Hall–Kier alpha value is -2.89. The summed E-state index contributed by atoms with van der Waals surface area (Å²) in [4.78, 5) is 13.7. The van der Waals surface area contributed by atoms with Gasteiger partial charge in [0.15, 0.2) is 5.60 Å². The SMILES string of the molecule is O=C1CC(O)(C(F)(F)F)c2c(C3CCN(c4ccc(OC(F)F)cc4)CC3)n[nH]c2N1. The first-order chi connectivity index (χ1) is 14.6. The molecule has 0 saturated carbocycles. The van der Waals surface area contributed by atoms with Crippen LogP contribution in [-0.4, -0.2) is 47.1 Å². The van der Waals surface area contributed by atoms with Gasteiger partial charge in [-0.15, -0.1) is 0 Å². The molecule has 1 aromatic heterocycles. The standard InChI is InChI=1S/C19H19F5N4O3/c20-17(21)31-12-3-1-11(2-4-12)28-7-5-10(6-8-28)15-14-16(27-26-15)25-13(29)9-18(14,30)19(22,23)24/h1-4,10,17,30H,5-9H2,(H2,25,26,27,29). The monoisotopic (exact) mass is 446 g/mol. The zero-order valence-electron chi connectivity index (χ0n) is 16.0. The molecule has 3 N–H and O–H groups in total. The van der Waals surface area contributed by atoms with Gasteiger partial charge in [-0.05, 0) is 37.1 Å². The number of H-pyrrole nitrogens is 1. The Balaban J connectivity index is 1.51. The normalized spacial score (nSPS) is 22.4. The van der Waals surface area contributed by atoms with Crippen LogP contribution in [-0.2, 0) is 10.4 Å². The Morgan fingerprint density at radius 1 is 1.19 bits per heavy atom. The number of benzene rings is 1. The average Bonchev–Trinajstić information content (AvgIpc) is 3.12. The number of hydrogen-bond donors (Lipinski definition) is 3. The molecule has 168 valence electrons. The molecule has 31 heavy (non-hydrogen) atoms. The van der Waals surface area contributed by atoms with Crippen molar-refractivity contribution in [3.8, 4) is 5.75 Å². The Labute approximate surface area is 173 Å². The second-order valence-corrected chi connectivity index (χ2v) is 7.58. The molecule has 2 aromatic rings. The first-order valence-electron chi connectivity index (χ1n) is 9.56. The second kappa shape index (κ2) is 7.66. The number of nitrogens with one attached hydrogen (secondary N) is 2. The van der Waals surface area contributed by atoms with Crippen molar-refractivity contribution in [2.45, 2.75) is 43.6 Å². The van der Waals surface area contributed by atoms with Gasteiger partial charge < -0.3 is 20.1 Å². The first kappa shape index (κ1) is 21.3. The third-order valence-electron chi connectivity index (χ3n) is 5.67. The van der Waals surface area contributed by atoms with E-state index in [2.05, 4.69) is 20.3 Å². The van der Waals surface area contributed by atoms with Crippen LogP contribution >= 0.6 is 0 Å². The van der Waals surface area contributed by atoms with Crippen LogP contribution in [0.5, 0.6) is 5.75 Å². The Morgan fingerprint density at radius 2 is 1.84 bits per heavy atom. The van der Waals surface area contributed by atoms with Crippen LogP contribution in [0.4, 0.5) is 33.5 Å². The summed E-state index contributed by atoms with van der Waals surface area (Å²) in [7, 11) is 0. The lowest BCUT2D eigenvalue weighted by Gasteiger charge is -2.37. The topological polar surface area (TPSA) is 90.5 Å². The lowest BCUT2D eigenvalue weighted by Crippen LogP contribution is -2.48. The van der Waals surface area contributed by atoms with Gasteiger partial charge in [0, 0.05) is 24.7 Å². The van der Waals surface area contributed by atoms with Gasteiger partial charge in [0.1, 0.15) is 11.6 Å². The molecule has 0 spiro atoms. The third kappa shape index (κ3) is 3.91. The van der Waals surface area contributed by atoms with Gasteiger partial charge in [0.2, 0.25) is 5.91 Å². The van der Waals surface area contributed by atoms with E-state index in [1.54, 1.807) is 12.1 Å². The van der Waals surface area contributed by atoms with Crippen molar-refractivity contribution in [3.63, 3.8) is 0 Å². The zero-order valence-corrected chi connectivity index (χ0v) is 16.0. The number of halogens is 5. The number of rotatable bonds is 4. The van der Waals surface area contributed by atoms with E-state index >= 15 is 0 Å². The molecule has 2 aliphatic heterocycles. The molecule has 1 fully saturated rings. The molecule has 0 bridgehead atoms. The summed E-state index contributed by atoms with van der Waals surface area (Å²) in [5.41, 5.74) is -2.87. The highest BCUT2D eigenvalue weighted by Crippen LogP contribution is 2.49. The maximum absolute atomic E-state index is 13.7. The third-order valence-corrected chi connectivity index (χ3v) is 5.67. The van der Waals surface area contributed by atoms with Crippen molar-refractivity contribution in [2.24, 2.45) is 0 Å². The maximum atomic E-state index is 13.7. The molecule has 2 aliphatic rings. The number of fused-ring (bicyclic) bond motifs is 1. The van der Waals surface area contributed by atoms with Gasteiger partial charge in [0.05, 0.1) is 17.7 Å². The number of aromatic nitrogens is 2. The van der Waals surface area contributed by atoms with Crippen molar-refractivity contribution >= 4 is 17.4 Å². The number of aliphatic hydroxyl groups is 1. The van der Waals surface area contributed by atoms with E-state index in [0.29, 0.717) is 25.9 Å². The smallest absolute Gasteiger partial charge is 0.422 e. The van der Waals surface area contributed by atoms with Crippen LogP contribution in [0.2, 0.25) is 0 Å². The van der Waals surface area contributed by atoms with Crippen LogP contribution < -0.4 is 15.0 Å². The largest absolute Gasteiger partial charge is 0.435 e. The highest BCUT2D eigenvalue weighted by atomic mass is 19.4. The van der Waals surface area contributed by atoms with E-state index in [1.807, 2.05) is 4.90 Å². The zero-order chi connectivity index (χ0) is 22.4. The van der Waals surface area contributed by atoms with Crippen LogP contribution in [0.1, 0.15) is 36.4 Å². The van der Waals surface area contributed by atoms with E-state index in [-0.39, 0.29) is 23.2 Å². The highest BCUT2D eigenvalue weighted by molar-refractivity contribution is 5.94. The summed E-state index contributed by atoms with van der Waals surface area (Å²) in [5, 5.41) is 19.1. The summed E-state index contributed by atoms with van der Waals surface area (Å²) in [6.07, 6.45) is -5.26. The number of nitrogens with zero attached hydrogens (tertiary/aromatic N) is 2. The molecule has 1 unspecified atom stereocenters. The van der Waals surface area contributed by atoms with Crippen LogP contribution in [0.3, 0.4) is 0 Å². The minimum Gasteiger partial charge on any atom is -0.435 e. The first-order valence-corrected chi connectivity index (χ1v) is 9.56. The number of ether oxygens (including phenoxy) is 1. The fourth-order valence-corrected chi connectivity index (χ4v) is 4.16. The highest BCUT2D eigenvalue weighted by Gasteiger charge is 2.61. The molecule has 7 nitrogen and oxygen atoms in total. The van der Waals surface area contributed by atoms with Crippen LogP contribution in [0.15, 0.2) is 24.3 Å². The maximum Gasteiger partial charge on any atom is 0.422 e.